The Bertz CT molecular complexity index is 422. The van der Waals surface area contributed by atoms with E-state index in [-0.39, 0.29) is 5.88 Å². The van der Waals surface area contributed by atoms with E-state index in [1.165, 1.54) is 6.20 Å². The molecule has 2 aromatic heterocycles. The maximum atomic E-state index is 9.04. The number of H-pyrrole nitrogens is 1. The number of aromatic amines is 1. The minimum absolute atomic E-state index is 0.0540. The lowest BCUT2D eigenvalue weighted by atomic mass is 10.3. The van der Waals surface area contributed by atoms with E-state index in [1.54, 1.807) is 0 Å². The van der Waals surface area contributed by atoms with Crippen LogP contribution < -0.4 is 0 Å². The van der Waals surface area contributed by atoms with Crippen LogP contribution in [0.15, 0.2) is 24.4 Å². The lowest BCUT2D eigenvalue weighted by Gasteiger charge is -1.96. The van der Waals surface area contributed by atoms with Crippen molar-refractivity contribution in [2.45, 2.75) is 6.92 Å². The van der Waals surface area contributed by atoms with Crippen molar-refractivity contribution in [2.24, 2.45) is 0 Å². The fourth-order valence-electron chi connectivity index (χ4n) is 1.12. The lowest BCUT2D eigenvalue weighted by Crippen LogP contribution is -1.87. The molecule has 66 valence electrons. The number of hydrogen-bond acceptors (Lipinski definition) is 3. The zero-order valence-electron chi connectivity index (χ0n) is 7.15. The highest BCUT2D eigenvalue weighted by molar-refractivity contribution is 5.49. The predicted molar refractivity (Wildman–Crippen MR) is 48.2 cm³/mol. The van der Waals surface area contributed by atoms with Crippen molar-refractivity contribution in [3.05, 3.63) is 30.1 Å². The molecule has 0 aliphatic heterocycles. The van der Waals surface area contributed by atoms with Crippen LogP contribution in [0.1, 0.15) is 5.69 Å². The van der Waals surface area contributed by atoms with Crippen molar-refractivity contribution < 1.29 is 5.11 Å². The summed E-state index contributed by atoms with van der Waals surface area (Å²) in [6, 6.07) is 5.65. The normalized spacial score (nSPS) is 10.2. The smallest absolute Gasteiger partial charge is 0.208 e. The highest BCUT2D eigenvalue weighted by atomic mass is 16.3. The lowest BCUT2D eigenvalue weighted by molar-refractivity contribution is 0.457. The molecule has 0 amide bonds. The minimum Gasteiger partial charge on any atom is -0.493 e. The first-order chi connectivity index (χ1) is 6.25. The van der Waals surface area contributed by atoms with E-state index in [0.29, 0.717) is 5.82 Å². The van der Waals surface area contributed by atoms with Crippen molar-refractivity contribution in [3.8, 4) is 17.4 Å². The Kier molecular flexibility index (Phi) is 1.73. The van der Waals surface area contributed by atoms with Crippen molar-refractivity contribution in [1.29, 1.82) is 0 Å². The van der Waals surface area contributed by atoms with Crippen LogP contribution in [-0.2, 0) is 0 Å². The van der Waals surface area contributed by atoms with Gasteiger partial charge in [0.2, 0.25) is 5.88 Å². The SMILES string of the molecule is Cc1cccc(-c2ncc(O)[nH]2)n1. The molecule has 0 bridgehead atoms. The molecule has 0 saturated heterocycles. The molecule has 4 nitrogen and oxygen atoms in total. The quantitative estimate of drug-likeness (QED) is 0.690. The van der Waals surface area contributed by atoms with Gasteiger partial charge < -0.3 is 10.1 Å². The Morgan fingerprint density at radius 3 is 2.85 bits per heavy atom. The molecular weight excluding hydrogens is 166 g/mol. The summed E-state index contributed by atoms with van der Waals surface area (Å²) >= 11 is 0. The minimum atomic E-state index is 0.0540. The molecule has 0 spiro atoms. The van der Waals surface area contributed by atoms with Crippen molar-refractivity contribution in [1.82, 2.24) is 15.0 Å². The van der Waals surface area contributed by atoms with Gasteiger partial charge >= 0.3 is 0 Å². The first-order valence-electron chi connectivity index (χ1n) is 3.94. The van der Waals surface area contributed by atoms with Crippen LogP contribution in [0.25, 0.3) is 11.5 Å². The van der Waals surface area contributed by atoms with Gasteiger partial charge in [0.25, 0.3) is 0 Å². The number of pyridine rings is 1. The molecule has 2 rings (SSSR count). The molecule has 0 radical (unpaired) electrons. The summed E-state index contributed by atoms with van der Waals surface area (Å²) in [5.41, 5.74) is 1.66. The number of aryl methyl sites for hydroxylation is 1. The van der Waals surface area contributed by atoms with Crippen molar-refractivity contribution in [2.75, 3.05) is 0 Å². The Hall–Kier alpha value is -1.84. The van der Waals surface area contributed by atoms with Gasteiger partial charge in [-0.15, -0.1) is 0 Å². The van der Waals surface area contributed by atoms with Crippen molar-refractivity contribution in [3.63, 3.8) is 0 Å². The fraction of sp³-hybridized carbons (Fsp3) is 0.111. The molecule has 0 aliphatic carbocycles. The average molecular weight is 175 g/mol. The zero-order chi connectivity index (χ0) is 9.26. The summed E-state index contributed by atoms with van der Waals surface area (Å²) < 4.78 is 0. The number of nitrogens with zero attached hydrogens (tertiary/aromatic N) is 2. The molecule has 4 heteroatoms. The second kappa shape index (κ2) is 2.90. The van der Waals surface area contributed by atoms with Gasteiger partial charge in [-0.3, -0.25) is 0 Å². The summed E-state index contributed by atoms with van der Waals surface area (Å²) in [6.07, 6.45) is 1.36. The topological polar surface area (TPSA) is 61.8 Å². The summed E-state index contributed by atoms with van der Waals surface area (Å²) in [5.74, 6) is 0.638. The molecule has 2 aromatic rings. The summed E-state index contributed by atoms with van der Waals surface area (Å²) in [5, 5.41) is 9.04. The number of nitrogens with one attached hydrogen (secondary N) is 1. The second-order valence-corrected chi connectivity index (χ2v) is 2.78. The van der Waals surface area contributed by atoms with Crippen LogP contribution >= 0.6 is 0 Å². The van der Waals surface area contributed by atoms with Gasteiger partial charge in [0.1, 0.15) is 5.69 Å². The van der Waals surface area contributed by atoms with Gasteiger partial charge in [-0.05, 0) is 19.1 Å². The van der Waals surface area contributed by atoms with Crippen LogP contribution in [0.4, 0.5) is 0 Å². The second-order valence-electron chi connectivity index (χ2n) is 2.78. The summed E-state index contributed by atoms with van der Waals surface area (Å²) in [6.45, 7) is 1.91. The Morgan fingerprint density at radius 2 is 2.23 bits per heavy atom. The first kappa shape index (κ1) is 7.79. The van der Waals surface area contributed by atoms with Crippen LogP contribution in [0, 0.1) is 6.92 Å². The number of aromatic hydroxyl groups is 1. The zero-order valence-corrected chi connectivity index (χ0v) is 7.15. The standard InChI is InChI=1S/C9H9N3O/c1-6-3-2-4-7(11-6)9-10-5-8(13)12-9/h2-5,13H,1H3,(H,10,12). The first-order valence-corrected chi connectivity index (χ1v) is 3.94. The van der Waals surface area contributed by atoms with Gasteiger partial charge in [-0.25, -0.2) is 9.97 Å². The van der Waals surface area contributed by atoms with Gasteiger partial charge in [0.15, 0.2) is 5.82 Å². The maximum Gasteiger partial charge on any atom is 0.208 e. The van der Waals surface area contributed by atoms with Crippen LogP contribution in [0.3, 0.4) is 0 Å². The molecular formula is C9H9N3O. The van der Waals surface area contributed by atoms with Gasteiger partial charge in [-0.2, -0.15) is 0 Å². The number of imidazole rings is 1. The predicted octanol–water partition coefficient (Wildman–Crippen LogP) is 1.49. The number of rotatable bonds is 1. The Balaban J connectivity index is 2.46. The van der Waals surface area contributed by atoms with Crippen LogP contribution in [0.2, 0.25) is 0 Å². The molecule has 0 unspecified atom stereocenters. The van der Waals surface area contributed by atoms with E-state index in [4.69, 9.17) is 5.11 Å². The van der Waals surface area contributed by atoms with Crippen molar-refractivity contribution >= 4 is 0 Å². The third kappa shape index (κ3) is 1.51. The molecule has 0 saturated carbocycles. The molecule has 2 N–H and O–H groups in total. The largest absolute Gasteiger partial charge is 0.493 e. The Morgan fingerprint density at radius 1 is 1.38 bits per heavy atom. The summed E-state index contributed by atoms with van der Waals surface area (Å²) in [4.78, 5) is 10.9. The third-order valence-electron chi connectivity index (χ3n) is 1.69. The maximum absolute atomic E-state index is 9.04. The van der Waals surface area contributed by atoms with E-state index in [9.17, 15) is 0 Å². The Labute approximate surface area is 75.3 Å². The highest BCUT2D eigenvalue weighted by Crippen LogP contribution is 2.15. The molecule has 2 heterocycles. The molecule has 0 fully saturated rings. The van der Waals surface area contributed by atoms with Gasteiger partial charge in [0.05, 0.1) is 6.20 Å². The van der Waals surface area contributed by atoms with Crippen LogP contribution in [-0.4, -0.2) is 20.1 Å². The van der Waals surface area contributed by atoms with E-state index in [0.717, 1.165) is 11.4 Å². The van der Waals surface area contributed by atoms with Gasteiger partial charge in [-0.1, -0.05) is 6.07 Å². The average Bonchev–Trinajstić information content (AvgIpc) is 2.52. The summed E-state index contributed by atoms with van der Waals surface area (Å²) in [7, 11) is 0. The van der Waals surface area contributed by atoms with E-state index in [1.807, 2.05) is 25.1 Å². The highest BCUT2D eigenvalue weighted by Gasteiger charge is 2.02. The third-order valence-corrected chi connectivity index (χ3v) is 1.69. The van der Waals surface area contributed by atoms with Crippen LogP contribution in [0.5, 0.6) is 5.88 Å². The molecule has 0 aliphatic rings. The molecule has 13 heavy (non-hydrogen) atoms. The van der Waals surface area contributed by atoms with E-state index < -0.39 is 0 Å². The molecule has 0 aromatic carbocycles. The van der Waals surface area contributed by atoms with E-state index >= 15 is 0 Å². The van der Waals surface area contributed by atoms with Gasteiger partial charge in [0, 0.05) is 5.69 Å². The monoisotopic (exact) mass is 175 g/mol. The van der Waals surface area contributed by atoms with E-state index in [2.05, 4.69) is 15.0 Å². The number of aromatic nitrogens is 3. The number of hydrogen-bond donors (Lipinski definition) is 2. The fourth-order valence-corrected chi connectivity index (χ4v) is 1.12. The molecule has 0 atom stereocenters.